The van der Waals surface area contributed by atoms with Crippen molar-refractivity contribution in [1.29, 1.82) is 0 Å². The van der Waals surface area contributed by atoms with Crippen molar-refractivity contribution in [2.75, 3.05) is 48.4 Å². The quantitative estimate of drug-likeness (QED) is 0.872. The molecule has 25 heavy (non-hydrogen) atoms. The minimum atomic E-state index is 0.377. The van der Waals surface area contributed by atoms with Crippen LogP contribution in [0.2, 0.25) is 0 Å². The van der Waals surface area contributed by atoms with Crippen LogP contribution in [0.15, 0.2) is 36.5 Å². The second-order valence-electron chi connectivity index (χ2n) is 6.36. The molecule has 0 bridgehead atoms. The van der Waals surface area contributed by atoms with Crippen LogP contribution < -0.4 is 19.9 Å². The first-order chi connectivity index (χ1) is 12.2. The van der Waals surface area contributed by atoms with E-state index in [4.69, 9.17) is 4.74 Å². The summed E-state index contributed by atoms with van der Waals surface area (Å²) >= 11 is 0. The molecule has 2 heterocycles. The van der Waals surface area contributed by atoms with Gasteiger partial charge in [-0.25, -0.2) is 4.98 Å². The van der Waals surface area contributed by atoms with E-state index in [2.05, 4.69) is 51.1 Å². The number of hydrogen-bond donors (Lipinski definition) is 1. The lowest BCUT2D eigenvalue weighted by molar-refractivity contribution is 0.415. The summed E-state index contributed by atoms with van der Waals surface area (Å²) in [6.45, 7) is 8.15. The molecule has 0 saturated carbocycles. The van der Waals surface area contributed by atoms with Crippen molar-refractivity contribution in [3.8, 4) is 5.75 Å². The van der Waals surface area contributed by atoms with E-state index in [-0.39, 0.29) is 0 Å². The number of nitrogens with one attached hydrogen (secondary N) is 1. The van der Waals surface area contributed by atoms with E-state index >= 15 is 0 Å². The van der Waals surface area contributed by atoms with Gasteiger partial charge >= 0.3 is 0 Å². The Morgan fingerprint density at radius 2 is 1.76 bits per heavy atom. The molecule has 0 amide bonds. The summed E-state index contributed by atoms with van der Waals surface area (Å²) in [5.74, 6) is 2.60. The Morgan fingerprint density at radius 3 is 2.40 bits per heavy atom. The lowest BCUT2D eigenvalue weighted by Gasteiger charge is -2.36. The summed E-state index contributed by atoms with van der Waals surface area (Å²) in [6.07, 6.45) is 2.89. The monoisotopic (exact) mass is 341 g/mol. The number of benzene rings is 1. The molecule has 1 aromatic heterocycles. The molecule has 2 aromatic rings. The standard InChI is InChI=1S/C19H27N5O/c1-4-15(2)21-19-20-10-9-18(22-19)24-13-11-23(12-14-24)16-5-7-17(25-3)8-6-16/h5-10,15H,4,11-14H2,1-3H3,(H,20,21,22). The Morgan fingerprint density at radius 1 is 1.08 bits per heavy atom. The number of aromatic nitrogens is 2. The maximum Gasteiger partial charge on any atom is 0.224 e. The Bertz CT molecular complexity index is 668. The summed E-state index contributed by atoms with van der Waals surface area (Å²) in [7, 11) is 1.69. The smallest absolute Gasteiger partial charge is 0.224 e. The number of rotatable bonds is 6. The second kappa shape index (κ2) is 8.05. The Balaban J connectivity index is 1.61. The van der Waals surface area contributed by atoms with Crippen LogP contribution in [0.5, 0.6) is 5.75 Å². The molecule has 3 rings (SSSR count). The SMILES string of the molecule is CCC(C)Nc1nccc(N2CCN(c3ccc(OC)cc3)CC2)n1. The van der Waals surface area contributed by atoms with Crippen LogP contribution in [0.3, 0.4) is 0 Å². The number of anilines is 3. The molecule has 1 atom stereocenters. The Kier molecular flexibility index (Phi) is 5.58. The molecule has 1 fully saturated rings. The molecule has 1 N–H and O–H groups in total. The first-order valence-electron chi connectivity index (χ1n) is 8.93. The van der Waals surface area contributed by atoms with Crippen LogP contribution in [0, 0.1) is 0 Å². The first-order valence-corrected chi connectivity index (χ1v) is 8.93. The van der Waals surface area contributed by atoms with Crippen LogP contribution in [-0.4, -0.2) is 49.3 Å². The summed E-state index contributed by atoms with van der Waals surface area (Å²) in [6, 6.07) is 10.6. The Labute approximate surface area is 149 Å². The zero-order valence-electron chi connectivity index (χ0n) is 15.3. The van der Waals surface area contributed by atoms with Gasteiger partial charge < -0.3 is 19.9 Å². The van der Waals surface area contributed by atoms with Crippen molar-refractivity contribution in [1.82, 2.24) is 9.97 Å². The van der Waals surface area contributed by atoms with Gasteiger partial charge in [-0.05, 0) is 43.7 Å². The first kappa shape index (κ1) is 17.3. The number of methoxy groups -OCH3 is 1. The van der Waals surface area contributed by atoms with Gasteiger partial charge in [-0.3, -0.25) is 0 Å². The number of piperazine rings is 1. The zero-order chi connectivity index (χ0) is 17.6. The van der Waals surface area contributed by atoms with Crippen LogP contribution in [0.4, 0.5) is 17.5 Å². The Hall–Kier alpha value is -2.50. The molecule has 1 aromatic carbocycles. The molecule has 6 nitrogen and oxygen atoms in total. The molecule has 0 spiro atoms. The van der Waals surface area contributed by atoms with Crippen molar-refractivity contribution in [3.05, 3.63) is 36.5 Å². The summed E-state index contributed by atoms with van der Waals surface area (Å²) in [5.41, 5.74) is 1.24. The van der Waals surface area contributed by atoms with Gasteiger partial charge in [0.1, 0.15) is 11.6 Å². The topological polar surface area (TPSA) is 53.5 Å². The van der Waals surface area contributed by atoms with Crippen LogP contribution >= 0.6 is 0 Å². The molecule has 134 valence electrons. The molecule has 6 heteroatoms. The highest BCUT2D eigenvalue weighted by Gasteiger charge is 2.19. The van der Waals surface area contributed by atoms with Gasteiger partial charge in [-0.2, -0.15) is 4.98 Å². The van der Waals surface area contributed by atoms with Crippen molar-refractivity contribution in [3.63, 3.8) is 0 Å². The highest BCUT2D eigenvalue weighted by atomic mass is 16.5. The second-order valence-corrected chi connectivity index (χ2v) is 6.36. The fourth-order valence-electron chi connectivity index (χ4n) is 2.90. The molecule has 1 aliphatic heterocycles. The van der Waals surface area contributed by atoms with E-state index < -0.39 is 0 Å². The third-order valence-electron chi connectivity index (χ3n) is 4.67. The third-order valence-corrected chi connectivity index (χ3v) is 4.67. The average Bonchev–Trinajstić information content (AvgIpc) is 2.68. The fraction of sp³-hybridized carbons (Fsp3) is 0.474. The minimum absolute atomic E-state index is 0.377. The van der Waals surface area contributed by atoms with Crippen molar-refractivity contribution in [2.24, 2.45) is 0 Å². The van der Waals surface area contributed by atoms with Gasteiger partial charge in [0.2, 0.25) is 5.95 Å². The average molecular weight is 341 g/mol. The fourth-order valence-corrected chi connectivity index (χ4v) is 2.90. The van der Waals surface area contributed by atoms with Gasteiger partial charge in [0.25, 0.3) is 0 Å². The van der Waals surface area contributed by atoms with E-state index in [1.165, 1.54) is 5.69 Å². The highest BCUT2D eigenvalue weighted by molar-refractivity contribution is 5.51. The van der Waals surface area contributed by atoms with Crippen molar-refractivity contribution < 1.29 is 4.74 Å². The lowest BCUT2D eigenvalue weighted by Crippen LogP contribution is -2.46. The van der Waals surface area contributed by atoms with E-state index in [1.54, 1.807) is 7.11 Å². The molecule has 1 saturated heterocycles. The summed E-state index contributed by atoms with van der Waals surface area (Å²) in [5, 5.41) is 3.35. The number of ether oxygens (including phenoxy) is 1. The molecular formula is C19H27N5O. The van der Waals surface area contributed by atoms with Crippen LogP contribution in [-0.2, 0) is 0 Å². The van der Waals surface area contributed by atoms with Crippen molar-refractivity contribution >= 4 is 17.5 Å². The summed E-state index contributed by atoms with van der Waals surface area (Å²) in [4.78, 5) is 13.7. The highest BCUT2D eigenvalue weighted by Crippen LogP contribution is 2.22. The number of nitrogens with zero attached hydrogens (tertiary/aromatic N) is 4. The largest absolute Gasteiger partial charge is 0.497 e. The van der Waals surface area contributed by atoms with Gasteiger partial charge in [-0.1, -0.05) is 6.92 Å². The predicted molar refractivity (Wildman–Crippen MR) is 103 cm³/mol. The third kappa shape index (κ3) is 4.32. The van der Waals surface area contributed by atoms with E-state index in [9.17, 15) is 0 Å². The van der Waals surface area contributed by atoms with Crippen LogP contribution in [0.1, 0.15) is 20.3 Å². The maximum atomic E-state index is 5.23. The minimum Gasteiger partial charge on any atom is -0.497 e. The van der Waals surface area contributed by atoms with Gasteiger partial charge in [0.05, 0.1) is 7.11 Å². The van der Waals surface area contributed by atoms with E-state index in [0.29, 0.717) is 12.0 Å². The normalized spacial score (nSPS) is 15.8. The maximum absolute atomic E-state index is 5.23. The van der Waals surface area contributed by atoms with Crippen molar-refractivity contribution in [2.45, 2.75) is 26.3 Å². The van der Waals surface area contributed by atoms with E-state index in [0.717, 1.165) is 44.2 Å². The predicted octanol–water partition coefficient (Wildman–Crippen LogP) is 3.02. The molecule has 0 radical (unpaired) electrons. The van der Waals surface area contributed by atoms with Gasteiger partial charge in [0, 0.05) is 44.1 Å². The molecular weight excluding hydrogens is 314 g/mol. The summed E-state index contributed by atoms with van der Waals surface area (Å²) < 4.78 is 5.23. The van der Waals surface area contributed by atoms with Gasteiger partial charge in [-0.15, -0.1) is 0 Å². The molecule has 1 unspecified atom stereocenters. The number of hydrogen-bond acceptors (Lipinski definition) is 6. The van der Waals surface area contributed by atoms with Gasteiger partial charge in [0.15, 0.2) is 0 Å². The van der Waals surface area contributed by atoms with E-state index in [1.807, 2.05) is 24.4 Å². The molecule has 0 aliphatic carbocycles. The zero-order valence-corrected chi connectivity index (χ0v) is 15.3. The lowest BCUT2D eigenvalue weighted by atomic mass is 10.2. The molecule has 1 aliphatic rings. The van der Waals surface area contributed by atoms with Crippen LogP contribution in [0.25, 0.3) is 0 Å².